The maximum Gasteiger partial charge on any atom is 0.138 e. The van der Waals surface area contributed by atoms with Gasteiger partial charge < -0.3 is 0 Å². The molecule has 24 heavy (non-hydrogen) atoms. The fraction of sp³-hybridized carbons (Fsp3) is 0.304. The highest BCUT2D eigenvalue weighted by Crippen LogP contribution is 2.30. The molecule has 1 heteroatoms. The largest absolute Gasteiger partial charge is 0.206 e. The number of halogens is 1. The predicted octanol–water partition coefficient (Wildman–Crippen LogP) is 6.94. The van der Waals surface area contributed by atoms with Crippen LogP contribution in [-0.4, -0.2) is 0 Å². The van der Waals surface area contributed by atoms with E-state index in [0.29, 0.717) is 10.9 Å². The second kappa shape index (κ2) is 7.61. The first-order valence-electron chi connectivity index (χ1n) is 9.03. The molecule has 0 radical (unpaired) electrons. The fourth-order valence-electron chi connectivity index (χ4n) is 3.21. The Morgan fingerprint density at radius 1 is 0.792 bits per heavy atom. The van der Waals surface area contributed by atoms with Crippen LogP contribution in [0, 0.1) is 5.82 Å². The number of hydrogen-bond donors (Lipinski definition) is 0. The summed E-state index contributed by atoms with van der Waals surface area (Å²) in [5.74, 6) is -0.117. The van der Waals surface area contributed by atoms with Gasteiger partial charge in [0.05, 0.1) is 0 Å². The van der Waals surface area contributed by atoms with Crippen LogP contribution in [0.2, 0.25) is 0 Å². The number of fused-ring (bicyclic) bond motifs is 1. The lowest BCUT2D eigenvalue weighted by molar-refractivity contribution is 0.643. The maximum absolute atomic E-state index is 14.9. The first-order valence-corrected chi connectivity index (χ1v) is 9.03. The van der Waals surface area contributed by atoms with Crippen LogP contribution in [0.5, 0.6) is 0 Å². The van der Waals surface area contributed by atoms with E-state index in [1.54, 1.807) is 0 Å². The van der Waals surface area contributed by atoms with Crippen molar-refractivity contribution in [2.75, 3.05) is 0 Å². The van der Waals surface area contributed by atoms with E-state index in [4.69, 9.17) is 0 Å². The molecule has 0 aliphatic carbocycles. The van der Waals surface area contributed by atoms with Crippen molar-refractivity contribution in [1.82, 2.24) is 0 Å². The lowest BCUT2D eigenvalue weighted by Crippen LogP contribution is -1.90. The number of unbranched alkanes of at least 4 members (excludes halogenated alkanes) is 2. The van der Waals surface area contributed by atoms with Crippen molar-refractivity contribution in [3.8, 4) is 11.1 Å². The van der Waals surface area contributed by atoms with E-state index in [-0.39, 0.29) is 5.82 Å². The number of aryl methyl sites for hydroxylation is 2. The van der Waals surface area contributed by atoms with Crippen molar-refractivity contribution in [3.63, 3.8) is 0 Å². The molecular formula is C23H25F. The molecule has 124 valence electrons. The van der Waals surface area contributed by atoms with Crippen LogP contribution in [0.15, 0.2) is 54.6 Å². The number of benzene rings is 3. The molecule has 3 aromatic rings. The summed E-state index contributed by atoms with van der Waals surface area (Å²) in [4.78, 5) is 0. The molecule has 0 aromatic heterocycles. The summed E-state index contributed by atoms with van der Waals surface area (Å²) in [5, 5.41) is 1.68. The summed E-state index contributed by atoms with van der Waals surface area (Å²) in [5.41, 5.74) is 4.21. The van der Waals surface area contributed by atoms with Gasteiger partial charge in [-0.15, -0.1) is 0 Å². The summed E-state index contributed by atoms with van der Waals surface area (Å²) in [7, 11) is 0. The van der Waals surface area contributed by atoms with Crippen LogP contribution < -0.4 is 0 Å². The quantitative estimate of drug-likeness (QED) is 0.431. The van der Waals surface area contributed by atoms with Crippen molar-refractivity contribution in [1.29, 1.82) is 0 Å². The van der Waals surface area contributed by atoms with E-state index >= 15 is 0 Å². The average molecular weight is 320 g/mol. The normalized spacial score (nSPS) is 11.1. The minimum atomic E-state index is -0.117. The molecule has 3 aromatic carbocycles. The summed E-state index contributed by atoms with van der Waals surface area (Å²) in [6, 6.07) is 18.3. The van der Waals surface area contributed by atoms with E-state index in [0.717, 1.165) is 23.8 Å². The van der Waals surface area contributed by atoms with Crippen LogP contribution in [0.4, 0.5) is 4.39 Å². The van der Waals surface area contributed by atoms with Gasteiger partial charge >= 0.3 is 0 Å². The predicted molar refractivity (Wildman–Crippen MR) is 102 cm³/mol. The van der Waals surface area contributed by atoms with E-state index < -0.39 is 0 Å². The van der Waals surface area contributed by atoms with Crippen LogP contribution in [-0.2, 0) is 12.8 Å². The summed E-state index contributed by atoms with van der Waals surface area (Å²) >= 11 is 0. The first kappa shape index (κ1) is 16.7. The zero-order valence-electron chi connectivity index (χ0n) is 14.6. The molecule has 0 bridgehead atoms. The molecule has 0 nitrogen and oxygen atoms in total. The summed E-state index contributed by atoms with van der Waals surface area (Å²) in [6.07, 6.45) is 5.80. The van der Waals surface area contributed by atoms with Gasteiger partial charge in [0.15, 0.2) is 0 Å². The van der Waals surface area contributed by atoms with Gasteiger partial charge in [0.25, 0.3) is 0 Å². The maximum atomic E-state index is 14.9. The Labute approximate surface area is 144 Å². The molecule has 0 unspecified atom stereocenters. The third kappa shape index (κ3) is 3.51. The topological polar surface area (TPSA) is 0 Å². The molecule has 0 saturated carbocycles. The third-order valence-electron chi connectivity index (χ3n) is 4.76. The lowest BCUT2D eigenvalue weighted by atomic mass is 9.97. The Bertz CT molecular complexity index is 815. The molecule has 0 aliphatic rings. The molecule has 0 fully saturated rings. The van der Waals surface area contributed by atoms with Gasteiger partial charge in [-0.1, -0.05) is 81.3 Å². The SMILES string of the molecule is CCCCCc1ccc(-c2ccc3cc(CC)ccc3c2F)cc1. The molecular weight excluding hydrogens is 295 g/mol. The zero-order valence-corrected chi connectivity index (χ0v) is 14.6. The highest BCUT2D eigenvalue weighted by Gasteiger charge is 2.09. The smallest absolute Gasteiger partial charge is 0.138 e. The van der Waals surface area contributed by atoms with Crippen molar-refractivity contribution < 1.29 is 4.39 Å². The fourth-order valence-corrected chi connectivity index (χ4v) is 3.21. The molecule has 0 spiro atoms. The monoisotopic (exact) mass is 320 g/mol. The van der Waals surface area contributed by atoms with Gasteiger partial charge in [0, 0.05) is 10.9 Å². The number of hydrogen-bond acceptors (Lipinski definition) is 0. The van der Waals surface area contributed by atoms with Crippen LogP contribution >= 0.6 is 0 Å². The first-order chi connectivity index (χ1) is 11.7. The minimum Gasteiger partial charge on any atom is -0.206 e. The zero-order chi connectivity index (χ0) is 16.9. The van der Waals surface area contributed by atoms with Crippen LogP contribution in [0.1, 0.15) is 44.2 Å². The molecule has 3 rings (SSSR count). The van der Waals surface area contributed by atoms with Gasteiger partial charge in [-0.2, -0.15) is 0 Å². The van der Waals surface area contributed by atoms with Gasteiger partial charge in [0.1, 0.15) is 5.82 Å². The second-order valence-corrected chi connectivity index (χ2v) is 6.49. The standard InChI is InChI=1S/C23H25F/c1-3-5-6-7-18-8-11-19(12-9-18)21-15-13-20-16-17(4-2)10-14-22(20)23(21)24/h8-16H,3-7H2,1-2H3. The Morgan fingerprint density at radius 3 is 2.25 bits per heavy atom. The average Bonchev–Trinajstić information content (AvgIpc) is 2.63. The Morgan fingerprint density at radius 2 is 1.54 bits per heavy atom. The Balaban J connectivity index is 1.90. The van der Waals surface area contributed by atoms with Gasteiger partial charge in [-0.25, -0.2) is 4.39 Å². The molecule has 0 N–H and O–H groups in total. The van der Waals surface area contributed by atoms with E-state index in [1.807, 2.05) is 36.4 Å². The van der Waals surface area contributed by atoms with E-state index in [2.05, 4.69) is 32.0 Å². The van der Waals surface area contributed by atoms with Gasteiger partial charge in [-0.05, 0) is 41.3 Å². The Hall–Kier alpha value is -2.15. The van der Waals surface area contributed by atoms with E-state index in [9.17, 15) is 4.39 Å². The second-order valence-electron chi connectivity index (χ2n) is 6.49. The van der Waals surface area contributed by atoms with Crippen LogP contribution in [0.3, 0.4) is 0 Å². The van der Waals surface area contributed by atoms with Crippen molar-refractivity contribution in [2.45, 2.75) is 46.0 Å². The van der Waals surface area contributed by atoms with Crippen LogP contribution in [0.25, 0.3) is 21.9 Å². The lowest BCUT2D eigenvalue weighted by Gasteiger charge is -2.09. The van der Waals surface area contributed by atoms with Crippen molar-refractivity contribution in [3.05, 3.63) is 71.5 Å². The summed E-state index contributed by atoms with van der Waals surface area (Å²) in [6.45, 7) is 4.34. The van der Waals surface area contributed by atoms with Gasteiger partial charge in [-0.3, -0.25) is 0 Å². The Kier molecular flexibility index (Phi) is 5.30. The number of rotatable bonds is 6. The minimum absolute atomic E-state index is 0.117. The highest BCUT2D eigenvalue weighted by molar-refractivity contribution is 5.88. The van der Waals surface area contributed by atoms with Crippen molar-refractivity contribution in [2.24, 2.45) is 0 Å². The van der Waals surface area contributed by atoms with E-state index in [1.165, 1.54) is 30.4 Å². The molecule has 0 aliphatic heterocycles. The van der Waals surface area contributed by atoms with Crippen molar-refractivity contribution >= 4 is 10.8 Å². The highest BCUT2D eigenvalue weighted by atomic mass is 19.1. The third-order valence-corrected chi connectivity index (χ3v) is 4.76. The molecule has 0 amide bonds. The molecule has 0 atom stereocenters. The van der Waals surface area contributed by atoms with Gasteiger partial charge in [0.2, 0.25) is 0 Å². The molecule has 0 heterocycles. The molecule has 0 saturated heterocycles. The summed E-state index contributed by atoms with van der Waals surface area (Å²) < 4.78 is 14.9.